The topological polar surface area (TPSA) is 58.6 Å². The third kappa shape index (κ3) is 6.63. The molecule has 5 heteroatoms. The molecule has 0 aromatic heterocycles. The predicted molar refractivity (Wildman–Crippen MR) is 116 cm³/mol. The highest BCUT2D eigenvalue weighted by atomic mass is 16.5. The van der Waals surface area contributed by atoms with E-state index in [-0.39, 0.29) is 23.8 Å². The molecule has 0 fully saturated rings. The van der Waals surface area contributed by atoms with Crippen molar-refractivity contribution in [2.75, 3.05) is 13.2 Å². The molecule has 0 bridgehead atoms. The lowest BCUT2D eigenvalue weighted by atomic mass is 9.87. The zero-order chi connectivity index (χ0) is 21.4. The van der Waals surface area contributed by atoms with E-state index in [1.165, 1.54) is 5.56 Å². The van der Waals surface area contributed by atoms with Crippen LogP contribution in [0, 0.1) is 0 Å². The highest BCUT2D eigenvalue weighted by Gasteiger charge is 2.26. The number of nitrogens with one attached hydrogen (secondary N) is 1. The van der Waals surface area contributed by atoms with Crippen LogP contribution in [0.2, 0.25) is 0 Å². The van der Waals surface area contributed by atoms with Gasteiger partial charge in [-0.25, -0.2) is 0 Å². The molecular weight excluding hydrogens is 364 g/mol. The Bertz CT molecular complexity index is 795. The van der Waals surface area contributed by atoms with E-state index in [0.29, 0.717) is 18.8 Å². The van der Waals surface area contributed by atoms with E-state index >= 15 is 0 Å². The Morgan fingerprint density at radius 2 is 1.66 bits per heavy atom. The molecule has 29 heavy (non-hydrogen) atoms. The summed E-state index contributed by atoms with van der Waals surface area (Å²) in [5.41, 5.74) is 2.22. The van der Waals surface area contributed by atoms with Crippen LogP contribution >= 0.6 is 0 Å². The van der Waals surface area contributed by atoms with Gasteiger partial charge in [-0.2, -0.15) is 0 Å². The van der Waals surface area contributed by atoms with E-state index in [4.69, 9.17) is 4.74 Å². The highest BCUT2D eigenvalue weighted by Crippen LogP contribution is 2.24. The van der Waals surface area contributed by atoms with E-state index < -0.39 is 6.04 Å². The van der Waals surface area contributed by atoms with Gasteiger partial charge in [-0.05, 0) is 42.5 Å². The normalized spacial score (nSPS) is 12.2. The van der Waals surface area contributed by atoms with E-state index in [1.54, 1.807) is 11.8 Å². The number of nitrogens with zero attached hydrogens (tertiary/aromatic N) is 1. The molecule has 1 unspecified atom stereocenters. The summed E-state index contributed by atoms with van der Waals surface area (Å²) >= 11 is 0. The second-order valence-corrected chi connectivity index (χ2v) is 8.14. The van der Waals surface area contributed by atoms with Gasteiger partial charge in [0.05, 0.1) is 0 Å². The molecule has 2 aromatic carbocycles. The minimum atomic E-state index is -0.588. The van der Waals surface area contributed by atoms with Crippen LogP contribution in [0.5, 0.6) is 5.75 Å². The highest BCUT2D eigenvalue weighted by molar-refractivity contribution is 5.87. The lowest BCUT2D eigenvalue weighted by Gasteiger charge is -2.28. The molecule has 0 aliphatic heterocycles. The molecule has 0 spiro atoms. The summed E-state index contributed by atoms with van der Waals surface area (Å²) in [7, 11) is 0. The van der Waals surface area contributed by atoms with Crippen molar-refractivity contribution in [3.8, 4) is 5.75 Å². The molecule has 0 saturated heterocycles. The molecule has 2 aromatic rings. The van der Waals surface area contributed by atoms with Crippen LogP contribution in [-0.2, 0) is 21.5 Å². The fourth-order valence-electron chi connectivity index (χ4n) is 2.96. The summed E-state index contributed by atoms with van der Waals surface area (Å²) in [6.07, 6.45) is 0. The third-order valence-electron chi connectivity index (χ3n) is 4.80. The molecule has 1 N–H and O–H groups in total. The molecule has 0 aliphatic rings. The first-order valence-electron chi connectivity index (χ1n) is 10.1. The van der Waals surface area contributed by atoms with E-state index in [2.05, 4.69) is 26.1 Å². The van der Waals surface area contributed by atoms with Gasteiger partial charge in [-0.15, -0.1) is 0 Å². The molecule has 0 radical (unpaired) electrons. The maximum absolute atomic E-state index is 12.9. The Balaban J connectivity index is 2.08. The minimum absolute atomic E-state index is 0.0584. The largest absolute Gasteiger partial charge is 0.484 e. The SMILES string of the molecule is CCNC(=O)C(C)N(Cc1ccccc1)C(=O)COc1ccc(C(C)(C)C)cc1. The zero-order valence-electron chi connectivity index (χ0n) is 18.1. The third-order valence-corrected chi connectivity index (χ3v) is 4.80. The molecular formula is C24H32N2O3. The zero-order valence-corrected chi connectivity index (χ0v) is 18.1. The van der Waals surface area contributed by atoms with Gasteiger partial charge in [0.2, 0.25) is 5.91 Å². The summed E-state index contributed by atoms with van der Waals surface area (Å²) in [5, 5.41) is 2.79. The van der Waals surface area contributed by atoms with Crippen molar-refractivity contribution >= 4 is 11.8 Å². The van der Waals surface area contributed by atoms with Gasteiger partial charge in [0.25, 0.3) is 5.91 Å². The van der Waals surface area contributed by atoms with E-state index in [1.807, 2.05) is 61.5 Å². The minimum Gasteiger partial charge on any atom is -0.484 e. The molecule has 2 amide bonds. The van der Waals surface area contributed by atoms with Gasteiger partial charge < -0.3 is 15.0 Å². The second-order valence-electron chi connectivity index (χ2n) is 8.14. The van der Waals surface area contributed by atoms with Crippen molar-refractivity contribution < 1.29 is 14.3 Å². The molecule has 2 rings (SSSR count). The lowest BCUT2D eigenvalue weighted by molar-refractivity contribution is -0.142. The Hall–Kier alpha value is -2.82. The fraction of sp³-hybridized carbons (Fsp3) is 0.417. The fourth-order valence-corrected chi connectivity index (χ4v) is 2.96. The lowest BCUT2D eigenvalue weighted by Crippen LogP contribution is -2.49. The Kier molecular flexibility index (Phi) is 7.82. The summed E-state index contributed by atoms with van der Waals surface area (Å²) in [6.45, 7) is 10.8. The molecule has 0 aliphatic carbocycles. The standard InChI is InChI=1S/C24H32N2O3/c1-6-25-23(28)18(2)26(16-19-10-8-7-9-11-19)22(27)17-29-21-14-12-20(13-15-21)24(3,4)5/h7-15,18H,6,16-17H2,1-5H3,(H,25,28). The molecule has 0 saturated carbocycles. The molecule has 156 valence electrons. The van der Waals surface area contributed by atoms with Gasteiger partial charge in [0.15, 0.2) is 6.61 Å². The number of carbonyl (C=O) groups is 2. The Morgan fingerprint density at radius 3 is 2.21 bits per heavy atom. The first-order valence-corrected chi connectivity index (χ1v) is 10.1. The summed E-state index contributed by atoms with van der Waals surface area (Å²) < 4.78 is 5.72. The predicted octanol–water partition coefficient (Wildman–Crippen LogP) is 3.92. The summed E-state index contributed by atoms with van der Waals surface area (Å²) in [4.78, 5) is 26.8. The smallest absolute Gasteiger partial charge is 0.261 e. The van der Waals surface area contributed by atoms with Gasteiger partial charge in [-0.1, -0.05) is 63.2 Å². The van der Waals surface area contributed by atoms with Crippen LogP contribution in [0.25, 0.3) is 0 Å². The van der Waals surface area contributed by atoms with Crippen LogP contribution < -0.4 is 10.1 Å². The monoisotopic (exact) mass is 396 g/mol. The number of amides is 2. The number of carbonyl (C=O) groups excluding carboxylic acids is 2. The van der Waals surface area contributed by atoms with Crippen LogP contribution in [0.15, 0.2) is 54.6 Å². The van der Waals surface area contributed by atoms with E-state index in [9.17, 15) is 9.59 Å². The van der Waals surface area contributed by atoms with Crippen molar-refractivity contribution in [2.24, 2.45) is 0 Å². The van der Waals surface area contributed by atoms with Gasteiger partial charge in [0, 0.05) is 13.1 Å². The average Bonchev–Trinajstić information content (AvgIpc) is 2.70. The first-order chi connectivity index (χ1) is 13.7. The van der Waals surface area contributed by atoms with Gasteiger partial charge >= 0.3 is 0 Å². The molecule has 5 nitrogen and oxygen atoms in total. The second kappa shape index (κ2) is 10.1. The summed E-state index contributed by atoms with van der Waals surface area (Å²) in [5.74, 6) is 0.232. The average molecular weight is 397 g/mol. The van der Waals surface area contributed by atoms with Crippen molar-refractivity contribution in [3.05, 3.63) is 65.7 Å². The van der Waals surface area contributed by atoms with Crippen molar-refractivity contribution in [1.82, 2.24) is 10.2 Å². The van der Waals surface area contributed by atoms with Crippen LogP contribution in [0.4, 0.5) is 0 Å². The number of hydrogen-bond donors (Lipinski definition) is 1. The Labute approximate surface area is 174 Å². The van der Waals surface area contributed by atoms with Crippen LogP contribution in [0.1, 0.15) is 45.7 Å². The number of rotatable bonds is 8. The quantitative estimate of drug-likeness (QED) is 0.736. The van der Waals surface area contributed by atoms with Gasteiger partial charge in [0.1, 0.15) is 11.8 Å². The number of likely N-dealkylation sites (N-methyl/N-ethyl adjacent to an activating group) is 1. The number of ether oxygens (including phenoxy) is 1. The molecule has 0 heterocycles. The molecule has 1 atom stereocenters. The number of benzene rings is 2. The maximum atomic E-state index is 12.9. The maximum Gasteiger partial charge on any atom is 0.261 e. The van der Waals surface area contributed by atoms with Crippen molar-refractivity contribution in [3.63, 3.8) is 0 Å². The number of hydrogen-bond acceptors (Lipinski definition) is 3. The van der Waals surface area contributed by atoms with Crippen molar-refractivity contribution in [2.45, 2.75) is 52.6 Å². The van der Waals surface area contributed by atoms with Gasteiger partial charge in [-0.3, -0.25) is 9.59 Å². The summed E-state index contributed by atoms with van der Waals surface area (Å²) in [6, 6.07) is 16.8. The van der Waals surface area contributed by atoms with Crippen molar-refractivity contribution in [1.29, 1.82) is 0 Å². The van der Waals surface area contributed by atoms with E-state index in [0.717, 1.165) is 5.56 Å². The van der Waals surface area contributed by atoms with Crippen LogP contribution in [0.3, 0.4) is 0 Å². The van der Waals surface area contributed by atoms with Crippen LogP contribution in [-0.4, -0.2) is 35.9 Å². The Morgan fingerprint density at radius 1 is 1.03 bits per heavy atom. The first kappa shape index (κ1) is 22.5.